The molecule has 15 heavy (non-hydrogen) atoms. The molecule has 1 atom stereocenters. The monoisotopic (exact) mass is 210 g/mol. The summed E-state index contributed by atoms with van der Waals surface area (Å²) in [6.45, 7) is 1.66. The molecule has 1 aromatic heterocycles. The van der Waals surface area contributed by atoms with Gasteiger partial charge in [-0.25, -0.2) is 4.79 Å². The maximum atomic E-state index is 11.2. The van der Waals surface area contributed by atoms with Crippen molar-refractivity contribution < 1.29 is 15.0 Å². The summed E-state index contributed by atoms with van der Waals surface area (Å²) in [7, 11) is 0. The topological polar surface area (TPSA) is 82.5 Å². The zero-order valence-corrected chi connectivity index (χ0v) is 8.47. The van der Waals surface area contributed by atoms with Gasteiger partial charge in [0.2, 0.25) is 0 Å². The molecule has 0 aromatic carbocycles. The Morgan fingerprint density at radius 2 is 2.40 bits per heavy atom. The molecule has 0 aliphatic heterocycles. The van der Waals surface area contributed by atoms with Crippen molar-refractivity contribution in [2.24, 2.45) is 0 Å². The smallest absolute Gasteiger partial charge is 0.328 e. The van der Waals surface area contributed by atoms with Crippen LogP contribution in [0.25, 0.3) is 0 Å². The summed E-state index contributed by atoms with van der Waals surface area (Å²) in [4.78, 5) is 15.0. The van der Waals surface area contributed by atoms with Gasteiger partial charge in [-0.2, -0.15) is 0 Å². The van der Waals surface area contributed by atoms with E-state index in [0.29, 0.717) is 5.56 Å². The van der Waals surface area contributed by atoms with Crippen LogP contribution in [0.1, 0.15) is 12.5 Å². The van der Waals surface area contributed by atoms with Crippen LogP contribution >= 0.6 is 0 Å². The molecule has 5 heteroatoms. The minimum absolute atomic E-state index is 0.108. The van der Waals surface area contributed by atoms with Crippen LogP contribution in [-0.2, 0) is 10.3 Å². The predicted octanol–water partition coefficient (Wildman–Crippen LogP) is -0.0367. The van der Waals surface area contributed by atoms with Crippen molar-refractivity contribution in [1.29, 1.82) is 0 Å². The van der Waals surface area contributed by atoms with Gasteiger partial charge in [0, 0.05) is 24.5 Å². The van der Waals surface area contributed by atoms with Gasteiger partial charge in [0.1, 0.15) is 5.54 Å². The molecule has 0 aliphatic rings. The molecule has 1 rings (SSSR count). The van der Waals surface area contributed by atoms with Crippen LogP contribution in [0, 0.1) is 0 Å². The molecule has 0 spiro atoms. The highest BCUT2D eigenvalue weighted by atomic mass is 16.4. The van der Waals surface area contributed by atoms with E-state index in [1.807, 2.05) is 0 Å². The Morgan fingerprint density at radius 1 is 1.67 bits per heavy atom. The van der Waals surface area contributed by atoms with Crippen molar-refractivity contribution in [2.45, 2.75) is 12.5 Å². The SMILES string of the molecule is CC(NCCO)(C(=O)O)c1cccnc1. The van der Waals surface area contributed by atoms with Crippen molar-refractivity contribution in [3.05, 3.63) is 30.1 Å². The molecule has 0 saturated carbocycles. The van der Waals surface area contributed by atoms with Gasteiger partial charge >= 0.3 is 5.97 Å². The van der Waals surface area contributed by atoms with E-state index in [1.165, 1.54) is 6.20 Å². The van der Waals surface area contributed by atoms with Crippen LogP contribution in [0.4, 0.5) is 0 Å². The number of carboxylic acids is 1. The fourth-order valence-electron chi connectivity index (χ4n) is 1.27. The summed E-state index contributed by atoms with van der Waals surface area (Å²) in [6.07, 6.45) is 3.08. The number of hydrogen-bond acceptors (Lipinski definition) is 4. The van der Waals surface area contributed by atoms with Crippen LogP contribution in [0.2, 0.25) is 0 Å². The average Bonchev–Trinajstić information content (AvgIpc) is 2.27. The third-order valence-electron chi connectivity index (χ3n) is 2.26. The first-order valence-corrected chi connectivity index (χ1v) is 4.61. The molecule has 0 fully saturated rings. The largest absolute Gasteiger partial charge is 0.480 e. The zero-order chi connectivity index (χ0) is 11.3. The van der Waals surface area contributed by atoms with Gasteiger partial charge in [0.15, 0.2) is 0 Å². The van der Waals surface area contributed by atoms with E-state index in [4.69, 9.17) is 10.2 Å². The quantitative estimate of drug-likeness (QED) is 0.635. The fraction of sp³-hybridized carbons (Fsp3) is 0.400. The second-order valence-corrected chi connectivity index (χ2v) is 3.32. The molecular weight excluding hydrogens is 196 g/mol. The average molecular weight is 210 g/mol. The third-order valence-corrected chi connectivity index (χ3v) is 2.26. The van der Waals surface area contributed by atoms with E-state index in [-0.39, 0.29) is 13.2 Å². The third kappa shape index (κ3) is 2.51. The molecule has 0 aliphatic carbocycles. The maximum absolute atomic E-state index is 11.2. The minimum atomic E-state index is -1.21. The lowest BCUT2D eigenvalue weighted by atomic mass is 9.93. The highest BCUT2D eigenvalue weighted by Gasteiger charge is 2.34. The second kappa shape index (κ2) is 4.86. The highest BCUT2D eigenvalue weighted by Crippen LogP contribution is 2.19. The number of hydrogen-bond donors (Lipinski definition) is 3. The molecule has 5 nitrogen and oxygen atoms in total. The normalized spacial score (nSPS) is 14.5. The number of nitrogens with one attached hydrogen (secondary N) is 1. The Kier molecular flexibility index (Phi) is 3.76. The lowest BCUT2D eigenvalue weighted by Crippen LogP contribution is -2.47. The van der Waals surface area contributed by atoms with Crippen molar-refractivity contribution >= 4 is 5.97 Å². The number of carbonyl (C=O) groups is 1. The molecule has 3 N–H and O–H groups in total. The van der Waals surface area contributed by atoms with Gasteiger partial charge in [0.25, 0.3) is 0 Å². The van der Waals surface area contributed by atoms with Crippen molar-refractivity contribution in [1.82, 2.24) is 10.3 Å². The van der Waals surface area contributed by atoms with Crippen LogP contribution in [0.15, 0.2) is 24.5 Å². The summed E-state index contributed by atoms with van der Waals surface area (Å²) in [6, 6.07) is 3.36. The molecule has 0 amide bonds. The summed E-state index contributed by atoms with van der Waals surface area (Å²) in [5.41, 5.74) is -0.650. The molecular formula is C10H14N2O3. The van der Waals surface area contributed by atoms with Crippen LogP contribution in [0.3, 0.4) is 0 Å². The number of aliphatic carboxylic acids is 1. The summed E-state index contributed by atoms with van der Waals surface area (Å²) < 4.78 is 0. The molecule has 1 unspecified atom stereocenters. The number of rotatable bonds is 5. The van der Waals surface area contributed by atoms with Gasteiger partial charge in [0.05, 0.1) is 6.61 Å². The Balaban J connectivity index is 2.96. The van der Waals surface area contributed by atoms with Crippen LogP contribution < -0.4 is 5.32 Å². The van der Waals surface area contributed by atoms with Crippen LogP contribution in [0.5, 0.6) is 0 Å². The molecule has 1 heterocycles. The fourth-order valence-corrected chi connectivity index (χ4v) is 1.27. The van der Waals surface area contributed by atoms with Gasteiger partial charge in [-0.05, 0) is 13.0 Å². The Hall–Kier alpha value is -1.46. The number of nitrogens with zero attached hydrogens (tertiary/aromatic N) is 1. The summed E-state index contributed by atoms with van der Waals surface area (Å²) in [5, 5.41) is 20.6. The number of carboxylic acid groups (broad SMARTS) is 1. The molecule has 0 radical (unpaired) electrons. The van der Waals surface area contributed by atoms with Gasteiger partial charge in [-0.15, -0.1) is 0 Å². The second-order valence-electron chi connectivity index (χ2n) is 3.32. The van der Waals surface area contributed by atoms with Crippen molar-refractivity contribution in [2.75, 3.05) is 13.2 Å². The predicted molar refractivity (Wildman–Crippen MR) is 54.3 cm³/mol. The van der Waals surface area contributed by atoms with E-state index in [9.17, 15) is 4.79 Å². The number of aliphatic hydroxyl groups is 1. The Morgan fingerprint density at radius 3 is 2.87 bits per heavy atom. The minimum Gasteiger partial charge on any atom is -0.480 e. The first-order valence-electron chi connectivity index (χ1n) is 4.61. The van der Waals surface area contributed by atoms with E-state index >= 15 is 0 Å². The maximum Gasteiger partial charge on any atom is 0.328 e. The lowest BCUT2D eigenvalue weighted by Gasteiger charge is -2.26. The van der Waals surface area contributed by atoms with Gasteiger partial charge in [-0.3, -0.25) is 10.3 Å². The summed E-state index contributed by atoms with van der Waals surface area (Å²) in [5.74, 6) is -0.996. The van der Waals surface area contributed by atoms with Gasteiger partial charge in [-0.1, -0.05) is 6.07 Å². The van der Waals surface area contributed by atoms with Crippen molar-refractivity contribution in [3.8, 4) is 0 Å². The Bertz CT molecular complexity index is 329. The zero-order valence-electron chi connectivity index (χ0n) is 8.47. The first kappa shape index (κ1) is 11.6. The van der Waals surface area contributed by atoms with Gasteiger partial charge < -0.3 is 10.2 Å². The van der Waals surface area contributed by atoms with Crippen molar-refractivity contribution in [3.63, 3.8) is 0 Å². The highest BCUT2D eigenvalue weighted by molar-refractivity contribution is 5.80. The number of aliphatic hydroxyl groups excluding tert-OH is 1. The van der Waals surface area contributed by atoms with Crippen LogP contribution in [-0.4, -0.2) is 34.3 Å². The van der Waals surface area contributed by atoms with E-state index in [2.05, 4.69) is 10.3 Å². The summed E-state index contributed by atoms with van der Waals surface area (Å²) >= 11 is 0. The number of aromatic nitrogens is 1. The van der Waals surface area contributed by atoms with E-state index in [0.717, 1.165) is 0 Å². The molecule has 82 valence electrons. The van der Waals surface area contributed by atoms with E-state index in [1.54, 1.807) is 25.3 Å². The molecule has 0 saturated heterocycles. The number of pyridine rings is 1. The molecule has 1 aromatic rings. The first-order chi connectivity index (χ1) is 7.11. The Labute approximate surface area is 87.8 Å². The lowest BCUT2D eigenvalue weighted by molar-refractivity contribution is -0.144. The standard InChI is InChI=1S/C10H14N2O3/c1-10(9(14)15,12-5-6-13)8-3-2-4-11-7-8/h2-4,7,12-13H,5-6H2,1H3,(H,14,15). The molecule has 0 bridgehead atoms. The van der Waals surface area contributed by atoms with E-state index < -0.39 is 11.5 Å².